The van der Waals surface area contributed by atoms with E-state index in [9.17, 15) is 5.11 Å². The van der Waals surface area contributed by atoms with E-state index in [-0.39, 0.29) is 6.61 Å². The van der Waals surface area contributed by atoms with Crippen LogP contribution in [0.15, 0.2) is 47.1 Å². The number of nitrogens with zero attached hydrogens (tertiary/aromatic N) is 1. The normalized spacial score (nSPS) is 11.8. The summed E-state index contributed by atoms with van der Waals surface area (Å²) < 4.78 is 10.6. The van der Waals surface area contributed by atoms with Crippen molar-refractivity contribution in [3.05, 3.63) is 54.0 Å². The van der Waals surface area contributed by atoms with E-state index in [1.54, 1.807) is 30.5 Å². The molecule has 0 saturated carbocycles. The van der Waals surface area contributed by atoms with Crippen LogP contribution in [-0.4, -0.2) is 24.4 Å². The standard InChI is InChI=1S/C15H16N2O3/c16-8-12-4-1-2-6-15(12)20-11-13(18)9-17-10-14-5-3-7-19-14/h1-7,13,17-18H,9-11H2. The molecule has 5 heteroatoms. The van der Waals surface area contributed by atoms with Gasteiger partial charge in [0.15, 0.2) is 0 Å². The Bertz CT molecular complexity index is 561. The Labute approximate surface area is 117 Å². The Hall–Kier alpha value is -2.29. The predicted molar refractivity (Wildman–Crippen MR) is 73.1 cm³/mol. The molecule has 0 spiro atoms. The minimum Gasteiger partial charge on any atom is -0.489 e. The van der Waals surface area contributed by atoms with Crippen molar-refractivity contribution in [2.45, 2.75) is 12.6 Å². The number of nitrogens with one attached hydrogen (secondary N) is 1. The zero-order valence-electron chi connectivity index (χ0n) is 11.0. The third kappa shape index (κ3) is 4.12. The van der Waals surface area contributed by atoms with Crippen LogP contribution in [-0.2, 0) is 6.54 Å². The number of hydrogen-bond acceptors (Lipinski definition) is 5. The molecule has 1 heterocycles. The molecule has 2 aromatic rings. The highest BCUT2D eigenvalue weighted by Gasteiger charge is 2.07. The number of aliphatic hydroxyl groups excluding tert-OH is 1. The number of aliphatic hydroxyl groups is 1. The van der Waals surface area contributed by atoms with Gasteiger partial charge in [0, 0.05) is 6.54 Å². The molecule has 2 N–H and O–H groups in total. The SMILES string of the molecule is N#Cc1ccccc1OCC(O)CNCc1ccco1. The first-order valence-corrected chi connectivity index (χ1v) is 6.32. The van der Waals surface area contributed by atoms with Gasteiger partial charge in [-0.05, 0) is 24.3 Å². The fraction of sp³-hybridized carbons (Fsp3) is 0.267. The lowest BCUT2D eigenvalue weighted by molar-refractivity contribution is 0.105. The Morgan fingerprint density at radius 1 is 1.30 bits per heavy atom. The van der Waals surface area contributed by atoms with Gasteiger partial charge >= 0.3 is 0 Å². The molecule has 20 heavy (non-hydrogen) atoms. The number of benzene rings is 1. The first-order chi connectivity index (χ1) is 9.79. The molecule has 104 valence electrons. The molecule has 0 saturated heterocycles. The van der Waals surface area contributed by atoms with Crippen LogP contribution in [0.5, 0.6) is 5.75 Å². The van der Waals surface area contributed by atoms with Gasteiger partial charge in [-0.25, -0.2) is 0 Å². The van der Waals surface area contributed by atoms with Crippen LogP contribution < -0.4 is 10.1 Å². The molecule has 0 aliphatic heterocycles. The second-order valence-corrected chi connectivity index (χ2v) is 4.28. The Morgan fingerprint density at radius 2 is 2.15 bits per heavy atom. The average molecular weight is 272 g/mol. The van der Waals surface area contributed by atoms with Crippen LogP contribution in [0.4, 0.5) is 0 Å². The molecule has 1 aromatic carbocycles. The zero-order chi connectivity index (χ0) is 14.2. The maximum Gasteiger partial charge on any atom is 0.137 e. The van der Waals surface area contributed by atoms with Crippen LogP contribution in [0.3, 0.4) is 0 Å². The second-order valence-electron chi connectivity index (χ2n) is 4.28. The van der Waals surface area contributed by atoms with Crippen LogP contribution in [0, 0.1) is 11.3 Å². The lowest BCUT2D eigenvalue weighted by Crippen LogP contribution is -2.31. The third-order valence-electron chi connectivity index (χ3n) is 2.70. The minimum atomic E-state index is -0.656. The van der Waals surface area contributed by atoms with E-state index in [4.69, 9.17) is 14.4 Å². The number of para-hydroxylation sites is 1. The molecule has 1 atom stereocenters. The quantitative estimate of drug-likeness (QED) is 0.801. The summed E-state index contributed by atoms with van der Waals surface area (Å²) in [7, 11) is 0. The molecule has 0 fully saturated rings. The van der Waals surface area contributed by atoms with Crippen LogP contribution in [0.25, 0.3) is 0 Å². The second kappa shape index (κ2) is 7.34. The molecule has 0 amide bonds. The fourth-order valence-corrected chi connectivity index (χ4v) is 1.70. The highest BCUT2D eigenvalue weighted by atomic mass is 16.5. The molecule has 2 rings (SSSR count). The predicted octanol–water partition coefficient (Wildman–Crippen LogP) is 1.68. The maximum atomic E-state index is 9.80. The zero-order valence-corrected chi connectivity index (χ0v) is 11.0. The van der Waals surface area contributed by atoms with E-state index in [1.165, 1.54) is 0 Å². The average Bonchev–Trinajstić information content (AvgIpc) is 2.98. The molecule has 0 radical (unpaired) electrons. The third-order valence-corrected chi connectivity index (χ3v) is 2.70. The van der Waals surface area contributed by atoms with Crippen molar-refractivity contribution in [3.63, 3.8) is 0 Å². The van der Waals surface area contributed by atoms with Gasteiger partial charge in [0.1, 0.15) is 30.3 Å². The van der Waals surface area contributed by atoms with Crippen LogP contribution in [0.1, 0.15) is 11.3 Å². The number of hydrogen-bond donors (Lipinski definition) is 2. The molecule has 1 aromatic heterocycles. The molecule has 0 bridgehead atoms. The van der Waals surface area contributed by atoms with Crippen molar-refractivity contribution in [1.82, 2.24) is 5.32 Å². The molecule has 0 aliphatic carbocycles. The van der Waals surface area contributed by atoms with Crippen molar-refractivity contribution in [2.24, 2.45) is 0 Å². The van der Waals surface area contributed by atoms with Crippen molar-refractivity contribution in [3.8, 4) is 11.8 Å². The summed E-state index contributed by atoms with van der Waals surface area (Å²) in [5.41, 5.74) is 0.461. The highest BCUT2D eigenvalue weighted by Crippen LogP contribution is 2.16. The van der Waals surface area contributed by atoms with Gasteiger partial charge in [0.25, 0.3) is 0 Å². The van der Waals surface area contributed by atoms with E-state index in [0.29, 0.717) is 24.4 Å². The molecule has 0 aliphatic rings. The lowest BCUT2D eigenvalue weighted by atomic mass is 10.2. The van der Waals surface area contributed by atoms with E-state index in [0.717, 1.165) is 5.76 Å². The van der Waals surface area contributed by atoms with E-state index in [2.05, 4.69) is 5.32 Å². The highest BCUT2D eigenvalue weighted by molar-refractivity contribution is 5.42. The molecular weight excluding hydrogens is 256 g/mol. The number of rotatable bonds is 7. The van der Waals surface area contributed by atoms with Gasteiger partial charge in [-0.15, -0.1) is 0 Å². The first-order valence-electron chi connectivity index (χ1n) is 6.32. The van der Waals surface area contributed by atoms with Crippen molar-refractivity contribution in [2.75, 3.05) is 13.2 Å². The number of furan rings is 1. The van der Waals surface area contributed by atoms with Gasteiger partial charge in [0.05, 0.1) is 18.4 Å². The van der Waals surface area contributed by atoms with Crippen molar-refractivity contribution < 1.29 is 14.3 Å². The molecule has 5 nitrogen and oxygen atoms in total. The fourth-order valence-electron chi connectivity index (χ4n) is 1.70. The van der Waals surface area contributed by atoms with Gasteiger partial charge in [-0.2, -0.15) is 5.26 Å². The smallest absolute Gasteiger partial charge is 0.137 e. The van der Waals surface area contributed by atoms with E-state index in [1.807, 2.05) is 18.2 Å². The summed E-state index contributed by atoms with van der Waals surface area (Å²) in [4.78, 5) is 0. The Kier molecular flexibility index (Phi) is 5.18. The van der Waals surface area contributed by atoms with Crippen molar-refractivity contribution >= 4 is 0 Å². The van der Waals surface area contributed by atoms with Gasteiger partial charge in [-0.3, -0.25) is 0 Å². The number of ether oxygens (including phenoxy) is 1. The summed E-state index contributed by atoms with van der Waals surface area (Å²) in [6, 6.07) is 12.7. The monoisotopic (exact) mass is 272 g/mol. The molecule has 1 unspecified atom stereocenters. The van der Waals surface area contributed by atoms with Crippen molar-refractivity contribution in [1.29, 1.82) is 5.26 Å². The molecular formula is C15H16N2O3. The lowest BCUT2D eigenvalue weighted by Gasteiger charge is -2.13. The Balaban J connectivity index is 1.72. The largest absolute Gasteiger partial charge is 0.489 e. The van der Waals surface area contributed by atoms with Gasteiger partial charge in [-0.1, -0.05) is 12.1 Å². The maximum absolute atomic E-state index is 9.80. The summed E-state index contributed by atoms with van der Waals surface area (Å²) in [6.07, 6.45) is 0.951. The van der Waals surface area contributed by atoms with E-state index >= 15 is 0 Å². The summed E-state index contributed by atoms with van der Waals surface area (Å²) >= 11 is 0. The van der Waals surface area contributed by atoms with Gasteiger partial charge in [0.2, 0.25) is 0 Å². The first kappa shape index (κ1) is 14.1. The van der Waals surface area contributed by atoms with Crippen LogP contribution in [0.2, 0.25) is 0 Å². The minimum absolute atomic E-state index is 0.129. The Morgan fingerprint density at radius 3 is 2.90 bits per heavy atom. The summed E-state index contributed by atoms with van der Waals surface area (Å²) in [6.45, 7) is 1.07. The van der Waals surface area contributed by atoms with Gasteiger partial charge < -0.3 is 19.6 Å². The topological polar surface area (TPSA) is 78.4 Å². The van der Waals surface area contributed by atoms with E-state index < -0.39 is 6.10 Å². The number of nitriles is 1. The van der Waals surface area contributed by atoms with Crippen LogP contribution >= 0.6 is 0 Å². The summed E-state index contributed by atoms with van der Waals surface area (Å²) in [5.74, 6) is 1.30. The summed E-state index contributed by atoms with van der Waals surface area (Å²) in [5, 5.41) is 21.8.